The Morgan fingerprint density at radius 2 is 0.730 bits per heavy atom. The number of benzene rings is 5. The van der Waals surface area contributed by atoms with Gasteiger partial charge in [0.25, 0.3) is 0 Å². The average molecular weight is 857 g/mol. The van der Waals surface area contributed by atoms with Crippen LogP contribution in [0.1, 0.15) is 72.7 Å². The molecule has 0 amide bonds. The Morgan fingerprint density at radius 1 is 0.413 bits per heavy atom. The molecular weight excluding hydrogens is 813 g/mol. The molecule has 0 N–H and O–H groups in total. The summed E-state index contributed by atoms with van der Waals surface area (Å²) in [4.78, 5) is 73.4. The van der Waals surface area contributed by atoms with Crippen LogP contribution >= 0.6 is 0 Å². The first-order valence-corrected chi connectivity index (χ1v) is 19.7. The van der Waals surface area contributed by atoms with Gasteiger partial charge < -0.3 is 37.9 Å². The van der Waals surface area contributed by atoms with E-state index in [1.54, 1.807) is 61.5 Å². The van der Waals surface area contributed by atoms with Gasteiger partial charge in [-0.25, -0.2) is 28.8 Å². The van der Waals surface area contributed by atoms with Crippen LogP contribution in [-0.2, 0) is 19.1 Å². The molecule has 0 aliphatic rings. The van der Waals surface area contributed by atoms with Crippen LogP contribution in [0.3, 0.4) is 0 Å². The molecule has 324 valence electrons. The summed E-state index contributed by atoms with van der Waals surface area (Å²) in [6.45, 7) is 9.76. The van der Waals surface area contributed by atoms with Gasteiger partial charge in [-0.3, -0.25) is 0 Å². The highest BCUT2D eigenvalue weighted by molar-refractivity contribution is 5.94. The standard InChI is InChI=1S/C49H44O14/c1-4-44(50)58-30-8-6-28-56-38-18-10-34(11-19-38)46(52)60-40-22-14-36(15-23-40)47(53)61-41-24-16-37(17-25-41)49(55)63-43-27-26-42(32-33(43)3)62-48(54)35-12-20-39(21-13-35)57-29-7-9-31-59-45(51)5-2/h4-5,10-27,32H,1-2,6-9,28-31H2,3H3. The predicted octanol–water partition coefficient (Wildman–Crippen LogP) is 8.65. The van der Waals surface area contributed by atoms with E-state index < -0.39 is 35.8 Å². The minimum atomic E-state index is -0.673. The number of esters is 6. The lowest BCUT2D eigenvalue weighted by molar-refractivity contribution is -0.138. The molecule has 0 unspecified atom stereocenters. The molecule has 0 saturated carbocycles. The van der Waals surface area contributed by atoms with Gasteiger partial charge in [-0.1, -0.05) is 13.2 Å². The summed E-state index contributed by atoms with van der Waals surface area (Å²) in [6, 6.07) is 29.1. The lowest BCUT2D eigenvalue weighted by Crippen LogP contribution is -2.11. The Kier molecular flexibility index (Phi) is 17.3. The molecular formula is C49H44O14. The van der Waals surface area contributed by atoms with E-state index in [1.807, 2.05) is 0 Å². The smallest absolute Gasteiger partial charge is 0.343 e. The molecule has 0 aliphatic carbocycles. The Hall–Kier alpha value is -8.00. The summed E-state index contributed by atoms with van der Waals surface area (Å²) in [6.07, 6.45) is 4.83. The summed E-state index contributed by atoms with van der Waals surface area (Å²) < 4.78 is 43.1. The molecule has 5 aromatic carbocycles. The van der Waals surface area contributed by atoms with E-state index in [1.165, 1.54) is 60.7 Å². The fourth-order valence-corrected chi connectivity index (χ4v) is 5.40. The molecule has 0 radical (unpaired) electrons. The van der Waals surface area contributed by atoms with E-state index in [4.69, 9.17) is 37.9 Å². The molecule has 63 heavy (non-hydrogen) atoms. The monoisotopic (exact) mass is 856 g/mol. The van der Waals surface area contributed by atoms with Crippen LogP contribution in [0.25, 0.3) is 0 Å². The maximum absolute atomic E-state index is 12.9. The lowest BCUT2D eigenvalue weighted by Gasteiger charge is -2.11. The Balaban J connectivity index is 1.02. The fraction of sp³-hybridized carbons (Fsp3) is 0.184. The molecule has 0 saturated heterocycles. The zero-order chi connectivity index (χ0) is 45.0. The van der Waals surface area contributed by atoms with Crippen molar-refractivity contribution < 1.29 is 66.7 Å². The van der Waals surface area contributed by atoms with E-state index in [0.29, 0.717) is 67.1 Å². The molecule has 14 nitrogen and oxygen atoms in total. The topological polar surface area (TPSA) is 176 Å². The molecule has 5 aromatic rings. The number of unbranched alkanes of at least 4 members (excludes halogenated alkanes) is 2. The van der Waals surface area contributed by atoms with Crippen molar-refractivity contribution in [3.05, 3.63) is 168 Å². The van der Waals surface area contributed by atoms with Gasteiger partial charge >= 0.3 is 35.8 Å². The number of hydrogen-bond donors (Lipinski definition) is 0. The average Bonchev–Trinajstić information content (AvgIpc) is 3.30. The van der Waals surface area contributed by atoms with Crippen LogP contribution in [0.15, 0.2) is 141 Å². The second-order valence-electron chi connectivity index (χ2n) is 13.4. The predicted molar refractivity (Wildman–Crippen MR) is 229 cm³/mol. The quantitative estimate of drug-likeness (QED) is 0.0280. The highest BCUT2D eigenvalue weighted by Crippen LogP contribution is 2.26. The van der Waals surface area contributed by atoms with Gasteiger partial charge in [-0.05, 0) is 153 Å². The second-order valence-corrected chi connectivity index (χ2v) is 13.4. The third kappa shape index (κ3) is 14.9. The van der Waals surface area contributed by atoms with Crippen LogP contribution in [0.4, 0.5) is 0 Å². The zero-order valence-electron chi connectivity index (χ0n) is 34.4. The van der Waals surface area contributed by atoms with E-state index in [-0.39, 0.29) is 47.3 Å². The van der Waals surface area contributed by atoms with Gasteiger partial charge in [0.05, 0.1) is 48.7 Å². The Labute approximate surface area is 363 Å². The summed E-state index contributed by atoms with van der Waals surface area (Å²) in [7, 11) is 0. The molecule has 0 bridgehead atoms. The molecule has 0 heterocycles. The van der Waals surface area contributed by atoms with Gasteiger partial charge in [0, 0.05) is 12.2 Å². The van der Waals surface area contributed by atoms with Gasteiger partial charge in [0.15, 0.2) is 0 Å². The maximum atomic E-state index is 12.9. The van der Waals surface area contributed by atoms with Crippen molar-refractivity contribution in [2.75, 3.05) is 26.4 Å². The molecule has 0 atom stereocenters. The third-order valence-corrected chi connectivity index (χ3v) is 8.78. The number of rotatable bonds is 22. The molecule has 0 aromatic heterocycles. The first-order valence-electron chi connectivity index (χ1n) is 19.7. The van der Waals surface area contributed by atoms with Crippen molar-refractivity contribution in [2.24, 2.45) is 0 Å². The van der Waals surface area contributed by atoms with E-state index in [0.717, 1.165) is 12.2 Å². The van der Waals surface area contributed by atoms with Crippen LogP contribution in [-0.4, -0.2) is 62.2 Å². The number of ether oxygens (including phenoxy) is 8. The van der Waals surface area contributed by atoms with Crippen LogP contribution in [0.5, 0.6) is 34.5 Å². The third-order valence-electron chi connectivity index (χ3n) is 8.78. The van der Waals surface area contributed by atoms with Gasteiger partial charge in [0.1, 0.15) is 34.5 Å². The summed E-state index contributed by atoms with van der Waals surface area (Å²) in [5, 5.41) is 0. The SMILES string of the molecule is C=CC(=O)OCCCCOc1ccc(C(=O)Oc2ccc(C(=O)Oc3ccc(C(=O)Oc4ccc(OC(=O)c5ccc(OCCCCOC(=O)C=C)cc5)cc4C)cc3)cc2)cc1. The molecule has 14 heteroatoms. The summed E-state index contributed by atoms with van der Waals surface area (Å²) in [5.41, 5.74) is 1.53. The maximum Gasteiger partial charge on any atom is 0.343 e. The first-order chi connectivity index (χ1) is 30.5. The highest BCUT2D eigenvalue weighted by Gasteiger charge is 2.16. The van der Waals surface area contributed by atoms with Gasteiger partial charge in [-0.2, -0.15) is 0 Å². The van der Waals surface area contributed by atoms with E-state index in [9.17, 15) is 28.8 Å². The molecule has 0 spiro atoms. The first kappa shape index (κ1) is 46.1. The Bertz CT molecular complexity index is 2380. The van der Waals surface area contributed by atoms with Crippen molar-refractivity contribution >= 4 is 35.8 Å². The second kappa shape index (κ2) is 23.7. The van der Waals surface area contributed by atoms with Crippen molar-refractivity contribution in [2.45, 2.75) is 32.6 Å². The lowest BCUT2D eigenvalue weighted by atomic mass is 10.2. The minimum Gasteiger partial charge on any atom is -0.494 e. The number of hydrogen-bond acceptors (Lipinski definition) is 14. The van der Waals surface area contributed by atoms with Crippen molar-refractivity contribution in [3.8, 4) is 34.5 Å². The van der Waals surface area contributed by atoms with E-state index in [2.05, 4.69) is 13.2 Å². The highest BCUT2D eigenvalue weighted by atomic mass is 16.6. The van der Waals surface area contributed by atoms with Gasteiger partial charge in [0.2, 0.25) is 0 Å². The number of carbonyl (C=O) groups excluding carboxylic acids is 6. The van der Waals surface area contributed by atoms with E-state index >= 15 is 0 Å². The number of carbonyl (C=O) groups is 6. The normalized spacial score (nSPS) is 10.4. The van der Waals surface area contributed by atoms with Crippen LogP contribution in [0, 0.1) is 6.92 Å². The molecule has 0 aliphatic heterocycles. The summed E-state index contributed by atoms with van der Waals surface area (Å²) in [5.74, 6) is -1.42. The van der Waals surface area contributed by atoms with Crippen molar-refractivity contribution in [3.63, 3.8) is 0 Å². The molecule has 5 rings (SSSR count). The largest absolute Gasteiger partial charge is 0.494 e. The molecule has 0 fully saturated rings. The van der Waals surface area contributed by atoms with Crippen LogP contribution < -0.4 is 28.4 Å². The Morgan fingerprint density at radius 3 is 1.10 bits per heavy atom. The van der Waals surface area contributed by atoms with Crippen molar-refractivity contribution in [1.82, 2.24) is 0 Å². The zero-order valence-corrected chi connectivity index (χ0v) is 34.4. The van der Waals surface area contributed by atoms with Crippen LogP contribution in [0.2, 0.25) is 0 Å². The van der Waals surface area contributed by atoms with Gasteiger partial charge in [-0.15, -0.1) is 0 Å². The fourth-order valence-electron chi connectivity index (χ4n) is 5.40. The number of aryl methyl sites for hydroxylation is 1. The minimum absolute atomic E-state index is 0.179. The van der Waals surface area contributed by atoms with Crippen molar-refractivity contribution in [1.29, 1.82) is 0 Å². The summed E-state index contributed by atoms with van der Waals surface area (Å²) >= 11 is 0.